The van der Waals surface area contributed by atoms with Crippen LogP contribution in [0.4, 0.5) is 4.39 Å². The van der Waals surface area contributed by atoms with Gasteiger partial charge in [-0.25, -0.2) is 17.8 Å². The molecule has 0 bridgehead atoms. The quantitative estimate of drug-likeness (QED) is 0.647. The van der Waals surface area contributed by atoms with Gasteiger partial charge >= 0.3 is 0 Å². The molecular weight excluding hydrogens is 448 g/mol. The summed E-state index contributed by atoms with van der Waals surface area (Å²) in [5, 5.41) is 28.8. The number of β-amino-alcohol motifs (C(OH)–C–C–N with tert-alkyl or cyclic N) is 1. The molecule has 0 radical (unpaired) electrons. The molecule has 12 heteroatoms. The molecule has 3 rings (SSSR count). The average molecular weight is 462 g/mol. The van der Waals surface area contributed by atoms with Gasteiger partial charge in [0.05, 0.1) is 18.7 Å². The molecule has 1 aliphatic rings. The number of benzene rings is 1. The molecule has 2 heterocycles. The third-order valence-corrected chi connectivity index (χ3v) is 6.88. The van der Waals surface area contributed by atoms with Crippen molar-refractivity contribution in [1.82, 2.24) is 9.29 Å². The lowest BCUT2D eigenvalue weighted by atomic mass is 10.0. The van der Waals surface area contributed by atoms with Crippen LogP contribution in [0.3, 0.4) is 0 Å². The normalized spacial score (nSPS) is 22.4. The summed E-state index contributed by atoms with van der Waals surface area (Å²) in [7, 11) is -4.20. The minimum atomic E-state index is -4.20. The van der Waals surface area contributed by atoms with Crippen LogP contribution in [-0.2, 0) is 10.0 Å². The zero-order valence-corrected chi connectivity index (χ0v) is 16.9. The Morgan fingerprint density at radius 2 is 2.10 bits per heavy atom. The molecule has 1 aromatic carbocycles. The SMILES string of the molecule is N#Cc1ccc(OC2CN(S(=O)(=O)c3ccc(Cl)nc3Cl)C[C@@]2(O)CO)cc1F. The highest BCUT2D eigenvalue weighted by Crippen LogP contribution is 2.33. The highest BCUT2D eigenvalue weighted by molar-refractivity contribution is 7.89. The smallest absolute Gasteiger partial charge is 0.246 e. The molecule has 1 saturated heterocycles. The fourth-order valence-corrected chi connectivity index (χ4v) is 5.00. The van der Waals surface area contributed by atoms with Crippen molar-refractivity contribution in [2.24, 2.45) is 0 Å². The van der Waals surface area contributed by atoms with Gasteiger partial charge in [0.15, 0.2) is 5.15 Å². The number of aliphatic hydroxyl groups excluding tert-OH is 1. The van der Waals surface area contributed by atoms with Gasteiger partial charge in [-0.1, -0.05) is 23.2 Å². The average Bonchev–Trinajstić information content (AvgIpc) is 2.99. The first-order chi connectivity index (χ1) is 13.6. The van der Waals surface area contributed by atoms with E-state index in [1.165, 1.54) is 24.3 Å². The molecule has 2 atom stereocenters. The Labute approximate surface area is 175 Å². The third kappa shape index (κ3) is 4.16. The van der Waals surface area contributed by atoms with Gasteiger partial charge < -0.3 is 14.9 Å². The first kappa shape index (κ1) is 21.7. The number of halogens is 3. The number of hydrogen-bond acceptors (Lipinski definition) is 7. The Morgan fingerprint density at radius 1 is 1.38 bits per heavy atom. The number of aromatic nitrogens is 1. The second kappa shape index (κ2) is 8.02. The monoisotopic (exact) mass is 461 g/mol. The van der Waals surface area contributed by atoms with Crippen molar-refractivity contribution in [2.45, 2.75) is 16.6 Å². The second-order valence-electron chi connectivity index (χ2n) is 6.34. The minimum absolute atomic E-state index is 0.00582. The number of aliphatic hydroxyl groups is 2. The Kier molecular flexibility index (Phi) is 6.01. The van der Waals surface area contributed by atoms with Crippen LogP contribution in [-0.4, -0.2) is 59.3 Å². The van der Waals surface area contributed by atoms with Gasteiger partial charge in [0, 0.05) is 12.6 Å². The summed E-state index contributed by atoms with van der Waals surface area (Å²) < 4.78 is 46.1. The molecule has 1 fully saturated rings. The van der Waals surface area contributed by atoms with Crippen molar-refractivity contribution < 1.29 is 27.8 Å². The third-order valence-electron chi connectivity index (χ3n) is 4.43. The number of nitriles is 1. The second-order valence-corrected chi connectivity index (χ2v) is 8.99. The number of pyridine rings is 1. The molecule has 1 aliphatic heterocycles. The molecule has 29 heavy (non-hydrogen) atoms. The minimum Gasteiger partial charge on any atom is -0.486 e. The summed E-state index contributed by atoms with van der Waals surface area (Å²) in [4.78, 5) is 3.37. The fraction of sp³-hybridized carbons (Fsp3) is 0.294. The Morgan fingerprint density at radius 3 is 2.69 bits per heavy atom. The Hall–Kier alpha value is -2.00. The van der Waals surface area contributed by atoms with Crippen molar-refractivity contribution in [3.8, 4) is 11.8 Å². The molecule has 0 amide bonds. The number of sulfonamides is 1. The molecule has 154 valence electrons. The van der Waals surface area contributed by atoms with Crippen LogP contribution in [0.25, 0.3) is 0 Å². The maximum absolute atomic E-state index is 13.8. The fourth-order valence-electron chi connectivity index (χ4n) is 2.86. The first-order valence-electron chi connectivity index (χ1n) is 8.12. The summed E-state index contributed by atoms with van der Waals surface area (Å²) in [6.45, 7) is -1.65. The van der Waals surface area contributed by atoms with E-state index in [4.69, 9.17) is 33.2 Å². The maximum atomic E-state index is 13.8. The largest absolute Gasteiger partial charge is 0.486 e. The van der Waals surface area contributed by atoms with Gasteiger partial charge in [-0.15, -0.1) is 0 Å². The van der Waals surface area contributed by atoms with E-state index in [0.717, 1.165) is 10.4 Å². The first-order valence-corrected chi connectivity index (χ1v) is 10.3. The zero-order valence-electron chi connectivity index (χ0n) is 14.6. The summed E-state index contributed by atoms with van der Waals surface area (Å²) in [5.74, 6) is -0.872. The number of rotatable bonds is 5. The molecule has 0 spiro atoms. The van der Waals surface area contributed by atoms with Gasteiger partial charge in [-0.2, -0.15) is 9.57 Å². The number of hydrogen-bond donors (Lipinski definition) is 2. The number of nitrogens with zero attached hydrogens (tertiary/aromatic N) is 3. The zero-order chi connectivity index (χ0) is 21.4. The van der Waals surface area contributed by atoms with Gasteiger partial charge in [0.25, 0.3) is 0 Å². The van der Waals surface area contributed by atoms with Crippen molar-refractivity contribution >= 4 is 33.2 Å². The lowest BCUT2D eigenvalue weighted by Gasteiger charge is -2.27. The molecule has 1 unspecified atom stereocenters. The van der Waals surface area contributed by atoms with Crippen LogP contribution < -0.4 is 4.74 Å². The van der Waals surface area contributed by atoms with Gasteiger partial charge in [0.2, 0.25) is 10.0 Å². The van der Waals surface area contributed by atoms with Crippen LogP contribution in [0.15, 0.2) is 35.2 Å². The highest BCUT2D eigenvalue weighted by atomic mass is 35.5. The standard InChI is InChI=1S/C17H14Cl2FN3O5S/c18-15-4-3-13(16(19)22-15)29(26,27)23-7-14(17(25,8-23)9-24)28-11-2-1-10(6-21)12(20)5-11/h1-5,14,24-25H,7-9H2/t14?,17-/m1/s1. The maximum Gasteiger partial charge on any atom is 0.246 e. The lowest BCUT2D eigenvalue weighted by Crippen LogP contribution is -2.48. The van der Waals surface area contributed by atoms with E-state index in [9.17, 15) is 23.0 Å². The van der Waals surface area contributed by atoms with Gasteiger partial charge in [0.1, 0.15) is 39.4 Å². The van der Waals surface area contributed by atoms with Crippen molar-refractivity contribution in [3.05, 3.63) is 52.0 Å². The lowest BCUT2D eigenvalue weighted by molar-refractivity contribution is -0.0641. The van der Waals surface area contributed by atoms with E-state index >= 15 is 0 Å². The van der Waals surface area contributed by atoms with E-state index in [2.05, 4.69) is 4.98 Å². The van der Waals surface area contributed by atoms with Gasteiger partial charge in [-0.3, -0.25) is 0 Å². The van der Waals surface area contributed by atoms with E-state index in [1.54, 1.807) is 6.07 Å². The molecule has 2 N–H and O–H groups in total. The van der Waals surface area contributed by atoms with E-state index in [0.29, 0.717) is 0 Å². The molecule has 0 aliphatic carbocycles. The van der Waals surface area contributed by atoms with E-state index < -0.39 is 40.7 Å². The predicted molar refractivity (Wildman–Crippen MR) is 101 cm³/mol. The topological polar surface area (TPSA) is 124 Å². The van der Waals surface area contributed by atoms with Crippen LogP contribution in [0.2, 0.25) is 10.3 Å². The van der Waals surface area contributed by atoms with E-state index in [-0.39, 0.29) is 33.1 Å². The van der Waals surface area contributed by atoms with Gasteiger partial charge in [-0.05, 0) is 24.3 Å². The summed E-state index contributed by atoms with van der Waals surface area (Å²) in [5.41, 5.74) is -2.15. The molecule has 8 nitrogen and oxygen atoms in total. The molecule has 2 aromatic rings. The molecule has 0 saturated carbocycles. The van der Waals surface area contributed by atoms with Crippen LogP contribution >= 0.6 is 23.2 Å². The van der Waals surface area contributed by atoms with Crippen LogP contribution in [0.1, 0.15) is 5.56 Å². The van der Waals surface area contributed by atoms with Crippen molar-refractivity contribution in [1.29, 1.82) is 5.26 Å². The summed E-state index contributed by atoms with van der Waals surface area (Å²) >= 11 is 11.6. The molecule has 1 aromatic heterocycles. The Balaban J connectivity index is 1.89. The van der Waals surface area contributed by atoms with Crippen molar-refractivity contribution in [3.63, 3.8) is 0 Å². The van der Waals surface area contributed by atoms with Crippen LogP contribution in [0.5, 0.6) is 5.75 Å². The highest BCUT2D eigenvalue weighted by Gasteiger charge is 2.51. The van der Waals surface area contributed by atoms with Crippen LogP contribution in [0, 0.1) is 17.1 Å². The summed E-state index contributed by atoms with van der Waals surface area (Å²) in [6, 6.07) is 7.52. The number of ether oxygens (including phenoxy) is 1. The predicted octanol–water partition coefficient (Wildman–Crippen LogP) is 1.57. The molecular formula is C17H14Cl2FN3O5S. The van der Waals surface area contributed by atoms with Crippen molar-refractivity contribution in [2.75, 3.05) is 19.7 Å². The van der Waals surface area contributed by atoms with E-state index in [1.807, 2.05) is 0 Å². The summed E-state index contributed by atoms with van der Waals surface area (Å²) in [6.07, 6.45) is -1.21. The Bertz CT molecular complexity index is 1090.